The minimum absolute atomic E-state index is 0.195. The van der Waals surface area contributed by atoms with Crippen LogP contribution in [-0.2, 0) is 20.6 Å². The minimum atomic E-state index is -0.415. The number of amides is 1. The molecule has 0 saturated heterocycles. The number of rotatable bonds is 4. The van der Waals surface area contributed by atoms with Crippen molar-refractivity contribution in [1.29, 1.82) is 0 Å². The van der Waals surface area contributed by atoms with Crippen LogP contribution in [0.3, 0.4) is 0 Å². The van der Waals surface area contributed by atoms with Gasteiger partial charge in [0.2, 0.25) is 0 Å². The Morgan fingerprint density at radius 3 is 2.34 bits per heavy atom. The van der Waals surface area contributed by atoms with Crippen LogP contribution in [0.4, 0.5) is 5.69 Å². The van der Waals surface area contributed by atoms with Gasteiger partial charge in [0.1, 0.15) is 0 Å². The Labute approximate surface area is 165 Å². The monoisotopic (exact) mass is 389 g/mol. The van der Waals surface area contributed by atoms with Crippen LogP contribution in [0, 0.1) is 0 Å². The zero-order chi connectivity index (χ0) is 20.5. The molecule has 2 heterocycles. The molecule has 1 amide bonds. The third-order valence-electron chi connectivity index (χ3n) is 4.82. The van der Waals surface area contributed by atoms with Crippen molar-refractivity contribution in [3.8, 4) is 0 Å². The molecule has 146 valence electrons. The van der Waals surface area contributed by atoms with Gasteiger partial charge in [0.25, 0.3) is 11.5 Å². The van der Waals surface area contributed by atoms with Crippen LogP contribution in [0.2, 0.25) is 0 Å². The summed E-state index contributed by atoms with van der Waals surface area (Å²) in [5.74, 6) is -0.195. The Balaban J connectivity index is 1.59. The zero-order valence-electron chi connectivity index (χ0n) is 16.0. The number of fused-ring (bicyclic) bond motifs is 1. The van der Waals surface area contributed by atoms with Crippen molar-refractivity contribution in [3.05, 3.63) is 92.9 Å². The average Bonchev–Trinajstić information content (AvgIpc) is 3.15. The Kier molecular flexibility index (Phi) is 4.59. The number of aromatic nitrogens is 4. The molecule has 2 aromatic carbocycles. The molecule has 0 radical (unpaired) electrons. The average molecular weight is 389 g/mol. The molecule has 29 heavy (non-hydrogen) atoms. The van der Waals surface area contributed by atoms with Crippen LogP contribution < -0.4 is 16.6 Å². The second kappa shape index (κ2) is 7.23. The highest BCUT2D eigenvalue weighted by molar-refractivity contribution is 6.04. The van der Waals surface area contributed by atoms with Gasteiger partial charge >= 0.3 is 5.69 Å². The zero-order valence-corrected chi connectivity index (χ0v) is 16.0. The lowest BCUT2D eigenvalue weighted by atomic mass is 10.1. The van der Waals surface area contributed by atoms with Crippen molar-refractivity contribution in [3.63, 3.8) is 0 Å². The van der Waals surface area contributed by atoms with E-state index in [1.165, 1.54) is 11.6 Å². The molecular formula is C21H19N5O3. The molecule has 4 rings (SSSR count). The van der Waals surface area contributed by atoms with E-state index in [1.807, 2.05) is 42.5 Å². The van der Waals surface area contributed by atoms with Crippen LogP contribution in [0.5, 0.6) is 0 Å². The second-order valence-electron chi connectivity index (χ2n) is 6.77. The molecule has 4 aromatic rings. The summed E-state index contributed by atoms with van der Waals surface area (Å²) >= 11 is 0. The summed E-state index contributed by atoms with van der Waals surface area (Å²) in [4.78, 5) is 41.2. The largest absolute Gasteiger partial charge is 0.332 e. The van der Waals surface area contributed by atoms with Gasteiger partial charge in [-0.05, 0) is 29.8 Å². The number of nitrogens with zero attached hydrogens (tertiary/aromatic N) is 4. The maximum Gasteiger partial charge on any atom is 0.332 e. The number of carbonyl (C=O) groups excluding carboxylic acids is 1. The molecule has 8 heteroatoms. The number of benzene rings is 2. The Hall–Kier alpha value is -3.94. The fourth-order valence-corrected chi connectivity index (χ4v) is 3.20. The van der Waals surface area contributed by atoms with E-state index in [9.17, 15) is 14.4 Å². The van der Waals surface area contributed by atoms with Gasteiger partial charge in [-0.25, -0.2) is 9.78 Å². The number of para-hydroxylation sites is 1. The lowest BCUT2D eigenvalue weighted by Gasteiger charge is -2.08. The quantitative estimate of drug-likeness (QED) is 0.576. The van der Waals surface area contributed by atoms with Crippen molar-refractivity contribution >= 4 is 22.8 Å². The van der Waals surface area contributed by atoms with Crippen molar-refractivity contribution in [2.24, 2.45) is 14.1 Å². The van der Waals surface area contributed by atoms with E-state index in [0.717, 1.165) is 15.8 Å². The highest BCUT2D eigenvalue weighted by atomic mass is 16.2. The van der Waals surface area contributed by atoms with Crippen molar-refractivity contribution in [1.82, 2.24) is 18.7 Å². The molecule has 8 nitrogen and oxygen atoms in total. The number of anilines is 1. The van der Waals surface area contributed by atoms with Gasteiger partial charge in [-0.15, -0.1) is 0 Å². The first-order chi connectivity index (χ1) is 14.0. The molecule has 0 aliphatic rings. The van der Waals surface area contributed by atoms with Gasteiger partial charge in [-0.1, -0.05) is 30.3 Å². The lowest BCUT2D eigenvalue weighted by molar-refractivity contribution is 0.102. The molecule has 0 aliphatic carbocycles. The normalized spacial score (nSPS) is 11.0. The van der Waals surface area contributed by atoms with Crippen LogP contribution in [0.15, 0.2) is 70.5 Å². The summed E-state index contributed by atoms with van der Waals surface area (Å²) in [6.07, 6.45) is 1.54. The van der Waals surface area contributed by atoms with E-state index < -0.39 is 5.69 Å². The molecule has 0 spiro atoms. The predicted octanol–water partition coefficient (Wildman–Crippen LogP) is 1.73. The maximum atomic E-state index is 12.5. The molecular weight excluding hydrogens is 370 g/mol. The van der Waals surface area contributed by atoms with Crippen LogP contribution in [-0.4, -0.2) is 24.6 Å². The topological polar surface area (TPSA) is 90.9 Å². The summed E-state index contributed by atoms with van der Waals surface area (Å²) in [5, 5.41) is 2.84. The molecule has 2 aromatic heterocycles. The first-order valence-corrected chi connectivity index (χ1v) is 9.02. The predicted molar refractivity (Wildman–Crippen MR) is 110 cm³/mol. The summed E-state index contributed by atoms with van der Waals surface area (Å²) in [7, 11) is 3.03. The molecule has 0 saturated carbocycles. The number of nitrogens with one attached hydrogen (secondary N) is 1. The van der Waals surface area contributed by atoms with Crippen LogP contribution in [0.25, 0.3) is 11.2 Å². The van der Waals surface area contributed by atoms with Crippen molar-refractivity contribution < 1.29 is 4.79 Å². The summed E-state index contributed by atoms with van der Waals surface area (Å²) in [6, 6.07) is 16.4. The van der Waals surface area contributed by atoms with E-state index in [0.29, 0.717) is 23.3 Å². The summed E-state index contributed by atoms with van der Waals surface area (Å²) in [6.45, 7) is 0.393. The first-order valence-electron chi connectivity index (χ1n) is 9.02. The SMILES string of the molecule is Cn1c(=O)c2c(ncn2Cc2ccc(C(=O)Nc3ccccc3)cc2)n(C)c1=O. The van der Waals surface area contributed by atoms with Crippen molar-refractivity contribution in [2.75, 3.05) is 5.32 Å². The molecule has 0 bridgehead atoms. The number of hydrogen-bond donors (Lipinski definition) is 1. The van der Waals surface area contributed by atoms with Crippen LogP contribution in [0.1, 0.15) is 15.9 Å². The molecule has 0 fully saturated rings. The van der Waals surface area contributed by atoms with E-state index in [4.69, 9.17) is 0 Å². The third kappa shape index (κ3) is 3.36. The smallest absolute Gasteiger partial charge is 0.322 e. The summed E-state index contributed by atoms with van der Waals surface area (Å²) < 4.78 is 4.12. The van der Waals surface area contributed by atoms with Crippen molar-refractivity contribution in [2.45, 2.75) is 6.54 Å². The number of carbonyl (C=O) groups is 1. The molecule has 1 N–H and O–H groups in total. The highest BCUT2D eigenvalue weighted by Crippen LogP contribution is 2.13. The Morgan fingerprint density at radius 1 is 0.966 bits per heavy atom. The maximum absolute atomic E-state index is 12.5. The standard InChI is InChI=1S/C21H19N5O3/c1-24-18-17(20(28)25(2)21(24)29)26(13-22-18)12-14-8-10-15(11-9-14)19(27)23-16-6-4-3-5-7-16/h3-11,13H,12H2,1-2H3,(H,23,27). The fourth-order valence-electron chi connectivity index (χ4n) is 3.20. The van der Waals surface area contributed by atoms with E-state index in [1.54, 1.807) is 30.1 Å². The molecule has 0 aliphatic heterocycles. The second-order valence-corrected chi connectivity index (χ2v) is 6.77. The Morgan fingerprint density at radius 2 is 1.66 bits per heavy atom. The van der Waals surface area contributed by atoms with E-state index in [2.05, 4.69) is 10.3 Å². The molecule has 0 atom stereocenters. The lowest BCUT2D eigenvalue weighted by Crippen LogP contribution is -2.37. The summed E-state index contributed by atoms with van der Waals surface area (Å²) in [5.41, 5.74) is 2.06. The van der Waals surface area contributed by atoms with E-state index >= 15 is 0 Å². The van der Waals surface area contributed by atoms with E-state index in [-0.39, 0.29) is 11.5 Å². The fraction of sp³-hybridized carbons (Fsp3) is 0.143. The van der Waals surface area contributed by atoms with Gasteiger partial charge in [0.15, 0.2) is 11.2 Å². The number of aryl methyl sites for hydroxylation is 1. The first kappa shape index (κ1) is 18.4. The Bertz CT molecular complexity index is 1310. The third-order valence-corrected chi connectivity index (χ3v) is 4.82. The van der Waals surface area contributed by atoms with Gasteiger partial charge in [0.05, 0.1) is 6.33 Å². The minimum Gasteiger partial charge on any atom is -0.322 e. The number of imidazole rings is 1. The number of hydrogen-bond acceptors (Lipinski definition) is 4. The van der Waals surface area contributed by atoms with Gasteiger partial charge in [-0.2, -0.15) is 0 Å². The van der Waals surface area contributed by atoms with Gasteiger partial charge in [-0.3, -0.25) is 18.7 Å². The van der Waals surface area contributed by atoms with Crippen LogP contribution >= 0.6 is 0 Å². The van der Waals surface area contributed by atoms with Gasteiger partial charge < -0.3 is 9.88 Å². The molecule has 0 unspecified atom stereocenters. The highest BCUT2D eigenvalue weighted by Gasteiger charge is 2.14. The van der Waals surface area contributed by atoms with Gasteiger partial charge in [0, 0.05) is 31.9 Å².